The predicted octanol–water partition coefficient (Wildman–Crippen LogP) is 3.77. The van der Waals surface area contributed by atoms with E-state index in [0.29, 0.717) is 21.5 Å². The zero-order valence-electron chi connectivity index (χ0n) is 8.43. The van der Waals surface area contributed by atoms with Crippen LogP contribution in [-0.2, 0) is 0 Å². The van der Waals surface area contributed by atoms with Crippen LogP contribution in [0.5, 0.6) is 5.75 Å². The minimum absolute atomic E-state index is 0.108. The van der Waals surface area contributed by atoms with Crippen molar-refractivity contribution in [2.45, 2.75) is 19.4 Å². The highest BCUT2D eigenvalue weighted by molar-refractivity contribution is 9.10. The summed E-state index contributed by atoms with van der Waals surface area (Å²) in [6.07, 6.45) is 0.601. The van der Waals surface area contributed by atoms with Crippen molar-refractivity contribution in [1.29, 1.82) is 0 Å². The van der Waals surface area contributed by atoms with Crippen LogP contribution in [0.4, 0.5) is 0 Å². The zero-order valence-corrected chi connectivity index (χ0v) is 10.8. The Kier molecular flexibility index (Phi) is 4.20. The number of aromatic hydroxyl groups is 1. The molecule has 0 unspecified atom stereocenters. The Hall–Kier alpha value is -0.510. The van der Waals surface area contributed by atoms with Gasteiger partial charge in [-0.1, -0.05) is 17.2 Å². The molecule has 1 rings (SSSR count). The van der Waals surface area contributed by atoms with Crippen molar-refractivity contribution in [3.05, 3.63) is 39.3 Å². The smallest absolute Gasteiger partial charge is 0.136 e. The summed E-state index contributed by atoms with van der Waals surface area (Å²) in [4.78, 5) is 0. The van der Waals surface area contributed by atoms with E-state index in [-0.39, 0.29) is 11.8 Å². The highest BCUT2D eigenvalue weighted by atomic mass is 79.9. The monoisotopic (exact) mass is 289 g/mol. The molecule has 1 atom stereocenters. The summed E-state index contributed by atoms with van der Waals surface area (Å²) in [5, 5.41) is 10.3. The molecule has 0 amide bonds. The Labute approximate surface area is 103 Å². The fraction of sp³-hybridized carbons (Fsp3) is 0.273. The third-order valence-corrected chi connectivity index (χ3v) is 3.02. The van der Waals surface area contributed by atoms with Gasteiger partial charge in [-0.05, 0) is 41.4 Å². The molecule has 0 spiro atoms. The molecule has 4 heteroatoms. The maximum absolute atomic E-state index is 9.82. The number of rotatable bonds is 3. The fourth-order valence-corrected chi connectivity index (χ4v) is 2.03. The standard InChI is InChI=1S/C11H13BrClNO/c1-6(2)5-9(14)10-8(13)4-3-7(12)11(10)15/h3-4,9,15H,1,5,14H2,2H3/t9-/m1/s1. The molecule has 15 heavy (non-hydrogen) atoms. The lowest BCUT2D eigenvalue weighted by atomic mass is 10.0. The lowest BCUT2D eigenvalue weighted by Crippen LogP contribution is -2.11. The number of hydrogen-bond acceptors (Lipinski definition) is 2. The van der Waals surface area contributed by atoms with Crippen LogP contribution < -0.4 is 5.73 Å². The lowest BCUT2D eigenvalue weighted by Gasteiger charge is -2.16. The summed E-state index contributed by atoms with van der Waals surface area (Å²) in [5.74, 6) is 0.108. The van der Waals surface area contributed by atoms with Crippen LogP contribution in [0.2, 0.25) is 5.02 Å². The van der Waals surface area contributed by atoms with E-state index in [1.54, 1.807) is 12.1 Å². The molecule has 0 aliphatic heterocycles. The summed E-state index contributed by atoms with van der Waals surface area (Å²) in [5.41, 5.74) is 7.46. The summed E-state index contributed by atoms with van der Waals surface area (Å²) in [6.45, 7) is 5.68. The molecule has 0 aromatic heterocycles. The molecule has 0 saturated carbocycles. The predicted molar refractivity (Wildman–Crippen MR) is 67.2 cm³/mol. The number of benzene rings is 1. The van der Waals surface area contributed by atoms with E-state index in [0.717, 1.165) is 5.57 Å². The van der Waals surface area contributed by atoms with Gasteiger partial charge in [0, 0.05) is 16.6 Å². The Morgan fingerprint density at radius 2 is 2.27 bits per heavy atom. The van der Waals surface area contributed by atoms with Crippen molar-refractivity contribution < 1.29 is 5.11 Å². The number of phenols is 1. The van der Waals surface area contributed by atoms with Gasteiger partial charge in [0.2, 0.25) is 0 Å². The van der Waals surface area contributed by atoms with Crippen LogP contribution in [-0.4, -0.2) is 5.11 Å². The quantitative estimate of drug-likeness (QED) is 0.832. The summed E-state index contributed by atoms with van der Waals surface area (Å²) in [7, 11) is 0. The number of phenolic OH excluding ortho intramolecular Hbond substituents is 1. The fourth-order valence-electron chi connectivity index (χ4n) is 1.39. The van der Waals surface area contributed by atoms with Crippen molar-refractivity contribution in [2.75, 3.05) is 0 Å². The van der Waals surface area contributed by atoms with Gasteiger partial charge in [0.1, 0.15) is 5.75 Å². The van der Waals surface area contributed by atoms with Crippen LogP contribution in [0.15, 0.2) is 28.8 Å². The van der Waals surface area contributed by atoms with Gasteiger partial charge in [-0.3, -0.25) is 0 Å². The van der Waals surface area contributed by atoms with Gasteiger partial charge in [-0.25, -0.2) is 0 Å². The number of hydrogen-bond donors (Lipinski definition) is 2. The van der Waals surface area contributed by atoms with Crippen LogP contribution >= 0.6 is 27.5 Å². The second-order valence-corrected chi connectivity index (χ2v) is 4.82. The second-order valence-electron chi connectivity index (χ2n) is 3.56. The molecule has 1 aromatic rings. The highest BCUT2D eigenvalue weighted by Crippen LogP contribution is 2.37. The van der Waals surface area contributed by atoms with Crippen LogP contribution in [0, 0.1) is 0 Å². The lowest BCUT2D eigenvalue weighted by molar-refractivity contribution is 0.458. The average molecular weight is 291 g/mol. The van der Waals surface area contributed by atoms with Crippen molar-refractivity contribution >= 4 is 27.5 Å². The molecular weight excluding hydrogens is 277 g/mol. The van der Waals surface area contributed by atoms with E-state index in [9.17, 15) is 5.11 Å². The Bertz CT molecular complexity index is 392. The molecule has 2 nitrogen and oxygen atoms in total. The molecule has 0 bridgehead atoms. The maximum atomic E-state index is 9.82. The molecule has 0 aliphatic rings. The van der Waals surface area contributed by atoms with Gasteiger partial charge < -0.3 is 10.8 Å². The Morgan fingerprint density at radius 3 is 2.80 bits per heavy atom. The van der Waals surface area contributed by atoms with E-state index < -0.39 is 0 Å². The van der Waals surface area contributed by atoms with E-state index in [4.69, 9.17) is 17.3 Å². The average Bonchev–Trinajstić information content (AvgIpc) is 2.11. The molecule has 0 aliphatic carbocycles. The van der Waals surface area contributed by atoms with Gasteiger partial charge in [0.15, 0.2) is 0 Å². The molecule has 82 valence electrons. The molecule has 3 N–H and O–H groups in total. The van der Waals surface area contributed by atoms with Gasteiger partial charge in [-0.2, -0.15) is 0 Å². The van der Waals surface area contributed by atoms with Crippen molar-refractivity contribution in [3.63, 3.8) is 0 Å². The largest absolute Gasteiger partial charge is 0.506 e. The molecule has 0 fully saturated rings. The third kappa shape index (κ3) is 2.97. The van der Waals surface area contributed by atoms with Gasteiger partial charge >= 0.3 is 0 Å². The first-order valence-corrected chi connectivity index (χ1v) is 5.67. The van der Waals surface area contributed by atoms with Crippen molar-refractivity contribution in [1.82, 2.24) is 0 Å². The minimum Gasteiger partial charge on any atom is -0.506 e. The molecule has 1 aromatic carbocycles. The van der Waals surface area contributed by atoms with Gasteiger partial charge in [-0.15, -0.1) is 6.58 Å². The van der Waals surface area contributed by atoms with E-state index in [1.165, 1.54) is 0 Å². The zero-order chi connectivity index (χ0) is 11.6. The summed E-state index contributed by atoms with van der Waals surface area (Å²) < 4.78 is 0.596. The second kappa shape index (κ2) is 5.01. The highest BCUT2D eigenvalue weighted by Gasteiger charge is 2.17. The van der Waals surface area contributed by atoms with Crippen molar-refractivity contribution in [3.8, 4) is 5.75 Å². The molecule has 0 radical (unpaired) electrons. The first-order valence-electron chi connectivity index (χ1n) is 4.50. The SMILES string of the molecule is C=C(C)C[C@@H](N)c1c(Cl)ccc(Br)c1O. The third-order valence-electron chi connectivity index (χ3n) is 2.05. The first-order chi connectivity index (χ1) is 6.93. The first kappa shape index (κ1) is 12.6. The van der Waals surface area contributed by atoms with Gasteiger partial charge in [0.25, 0.3) is 0 Å². The summed E-state index contributed by atoms with van der Waals surface area (Å²) >= 11 is 9.22. The van der Waals surface area contributed by atoms with Crippen molar-refractivity contribution in [2.24, 2.45) is 5.73 Å². The molecule has 0 saturated heterocycles. The van der Waals surface area contributed by atoms with E-state index in [1.807, 2.05) is 6.92 Å². The van der Waals surface area contributed by atoms with Gasteiger partial charge in [0.05, 0.1) is 4.47 Å². The van der Waals surface area contributed by atoms with Crippen LogP contribution in [0.1, 0.15) is 24.9 Å². The number of halogens is 2. The maximum Gasteiger partial charge on any atom is 0.136 e. The topological polar surface area (TPSA) is 46.2 Å². The van der Waals surface area contributed by atoms with E-state index >= 15 is 0 Å². The number of nitrogens with two attached hydrogens (primary N) is 1. The Balaban J connectivity index is 3.12. The van der Waals surface area contributed by atoms with E-state index in [2.05, 4.69) is 22.5 Å². The normalized spacial score (nSPS) is 12.5. The van der Waals surface area contributed by atoms with Crippen LogP contribution in [0.3, 0.4) is 0 Å². The molecule has 0 heterocycles. The van der Waals surface area contributed by atoms with Crippen LogP contribution in [0.25, 0.3) is 0 Å². The summed E-state index contributed by atoms with van der Waals surface area (Å²) in [6, 6.07) is 3.07. The minimum atomic E-state index is -0.326. The molecular formula is C11H13BrClNO. The Morgan fingerprint density at radius 1 is 1.67 bits per heavy atom.